The van der Waals surface area contributed by atoms with E-state index in [1.165, 1.54) is 0 Å². The fraction of sp³-hybridized carbons (Fsp3) is 0.455. The van der Waals surface area contributed by atoms with Crippen LogP contribution >= 0.6 is 11.6 Å². The van der Waals surface area contributed by atoms with Crippen LogP contribution in [0.15, 0.2) is 23.1 Å². The molecule has 0 saturated carbocycles. The first-order chi connectivity index (χ1) is 8.54. The van der Waals surface area contributed by atoms with Crippen molar-refractivity contribution >= 4 is 21.6 Å². The lowest BCUT2D eigenvalue weighted by Gasteiger charge is -2.12. The van der Waals surface area contributed by atoms with Crippen LogP contribution in [0.2, 0.25) is 5.02 Å². The summed E-state index contributed by atoms with van der Waals surface area (Å²) in [6.07, 6.45) is -4.62. The Morgan fingerprint density at radius 1 is 1.32 bits per heavy atom. The Balaban J connectivity index is 3.19. The fourth-order valence-electron chi connectivity index (χ4n) is 1.24. The van der Waals surface area contributed by atoms with Gasteiger partial charge in [0.2, 0.25) is 10.0 Å². The molecule has 0 bridgehead atoms. The first-order valence-electron chi connectivity index (χ1n) is 5.40. The van der Waals surface area contributed by atoms with Gasteiger partial charge in [-0.05, 0) is 24.1 Å². The number of hydrogen-bond donors (Lipinski definition) is 1. The maximum Gasteiger partial charge on any atom is 0.416 e. The van der Waals surface area contributed by atoms with E-state index in [4.69, 9.17) is 11.6 Å². The van der Waals surface area contributed by atoms with Crippen molar-refractivity contribution in [1.29, 1.82) is 0 Å². The summed E-state index contributed by atoms with van der Waals surface area (Å²) in [6, 6.07) is 2.20. The average Bonchev–Trinajstić information content (AvgIpc) is 2.25. The van der Waals surface area contributed by atoms with Crippen molar-refractivity contribution in [1.82, 2.24) is 4.72 Å². The summed E-state index contributed by atoms with van der Waals surface area (Å²) in [7, 11) is -4.05. The molecule has 108 valence electrons. The average molecular weight is 316 g/mol. The first kappa shape index (κ1) is 16.3. The Morgan fingerprint density at radius 3 is 2.37 bits per heavy atom. The van der Waals surface area contributed by atoms with Gasteiger partial charge in [-0.3, -0.25) is 0 Å². The van der Waals surface area contributed by atoms with Crippen molar-refractivity contribution in [2.75, 3.05) is 6.54 Å². The molecule has 1 aromatic carbocycles. The van der Waals surface area contributed by atoms with E-state index in [2.05, 4.69) is 4.72 Å². The molecule has 0 heterocycles. The quantitative estimate of drug-likeness (QED) is 0.926. The number of nitrogens with one attached hydrogen (secondary N) is 1. The van der Waals surface area contributed by atoms with E-state index >= 15 is 0 Å². The van der Waals surface area contributed by atoms with Gasteiger partial charge in [-0.25, -0.2) is 13.1 Å². The van der Waals surface area contributed by atoms with Gasteiger partial charge in [0.15, 0.2) is 0 Å². The normalized spacial score (nSPS) is 13.0. The largest absolute Gasteiger partial charge is 0.416 e. The van der Waals surface area contributed by atoms with Gasteiger partial charge in [0.1, 0.15) is 4.90 Å². The minimum absolute atomic E-state index is 0.0272. The molecule has 3 nitrogen and oxygen atoms in total. The highest BCUT2D eigenvalue weighted by Crippen LogP contribution is 2.33. The molecule has 0 unspecified atom stereocenters. The molecule has 0 atom stereocenters. The lowest BCUT2D eigenvalue weighted by molar-refractivity contribution is -0.137. The molecule has 0 spiro atoms. The molecule has 8 heteroatoms. The maximum absolute atomic E-state index is 12.5. The molecule has 0 aliphatic carbocycles. The molecule has 1 N–H and O–H groups in total. The van der Waals surface area contributed by atoms with Gasteiger partial charge < -0.3 is 0 Å². The number of benzene rings is 1. The van der Waals surface area contributed by atoms with Crippen LogP contribution in [0.1, 0.15) is 19.4 Å². The number of rotatable bonds is 4. The van der Waals surface area contributed by atoms with E-state index in [9.17, 15) is 21.6 Å². The Bertz CT molecular complexity index is 556. The number of alkyl halides is 3. The SMILES string of the molecule is CC(C)CNS(=O)(=O)c1cc(C(F)(F)F)ccc1Cl. The van der Waals surface area contributed by atoms with Gasteiger partial charge in [0.25, 0.3) is 0 Å². The molecule has 0 saturated heterocycles. The highest BCUT2D eigenvalue weighted by Gasteiger charge is 2.32. The minimum Gasteiger partial charge on any atom is -0.211 e. The maximum atomic E-state index is 12.5. The van der Waals surface area contributed by atoms with E-state index in [-0.39, 0.29) is 17.5 Å². The van der Waals surface area contributed by atoms with Crippen LogP contribution < -0.4 is 4.72 Å². The summed E-state index contributed by atoms with van der Waals surface area (Å²) in [5, 5.41) is -0.246. The molecule has 1 rings (SSSR count). The van der Waals surface area contributed by atoms with Crippen LogP contribution in [0.3, 0.4) is 0 Å². The predicted molar refractivity (Wildman–Crippen MR) is 66.5 cm³/mol. The predicted octanol–water partition coefficient (Wildman–Crippen LogP) is 3.29. The second-order valence-corrected chi connectivity index (χ2v) is 6.53. The summed E-state index contributed by atoms with van der Waals surface area (Å²) in [5.41, 5.74) is -1.05. The van der Waals surface area contributed by atoms with Crippen molar-refractivity contribution in [2.45, 2.75) is 24.9 Å². The first-order valence-corrected chi connectivity index (χ1v) is 7.26. The molecule has 0 aromatic heterocycles. The van der Waals surface area contributed by atoms with E-state index < -0.39 is 26.7 Å². The summed E-state index contributed by atoms with van der Waals surface area (Å²) in [4.78, 5) is -0.565. The van der Waals surface area contributed by atoms with E-state index in [1.54, 1.807) is 13.8 Å². The van der Waals surface area contributed by atoms with Crippen LogP contribution in [-0.2, 0) is 16.2 Å². The summed E-state index contributed by atoms with van der Waals surface area (Å²) in [5.74, 6) is 0.0272. The van der Waals surface area contributed by atoms with Gasteiger partial charge in [0, 0.05) is 6.54 Å². The molecule has 0 amide bonds. The van der Waals surface area contributed by atoms with Crippen molar-refractivity contribution in [3.63, 3.8) is 0 Å². The van der Waals surface area contributed by atoms with E-state index in [1.807, 2.05) is 0 Å². The van der Waals surface area contributed by atoms with Crippen molar-refractivity contribution < 1.29 is 21.6 Å². The van der Waals surface area contributed by atoms with E-state index in [0.29, 0.717) is 6.07 Å². The third-order valence-electron chi connectivity index (χ3n) is 2.23. The van der Waals surface area contributed by atoms with Gasteiger partial charge in [-0.1, -0.05) is 25.4 Å². The van der Waals surface area contributed by atoms with Gasteiger partial charge in [-0.15, -0.1) is 0 Å². The van der Waals surface area contributed by atoms with Gasteiger partial charge in [-0.2, -0.15) is 13.2 Å². The van der Waals surface area contributed by atoms with Crippen molar-refractivity contribution in [2.24, 2.45) is 5.92 Å². The second-order valence-electron chi connectivity index (χ2n) is 4.39. The number of hydrogen-bond acceptors (Lipinski definition) is 2. The zero-order chi connectivity index (χ0) is 14.8. The summed E-state index contributed by atoms with van der Waals surface area (Å²) in [6.45, 7) is 3.67. The van der Waals surface area contributed by atoms with Crippen LogP contribution in [0.5, 0.6) is 0 Å². The standard InChI is InChI=1S/C11H13ClF3NO2S/c1-7(2)6-16-19(17,18)10-5-8(11(13,14)15)3-4-9(10)12/h3-5,7,16H,6H2,1-2H3. The smallest absolute Gasteiger partial charge is 0.211 e. The van der Waals surface area contributed by atoms with Crippen LogP contribution in [0.25, 0.3) is 0 Å². The van der Waals surface area contributed by atoms with Gasteiger partial charge in [0.05, 0.1) is 10.6 Å². The third-order valence-corrected chi connectivity index (χ3v) is 4.13. The number of sulfonamides is 1. The topological polar surface area (TPSA) is 46.2 Å². The van der Waals surface area contributed by atoms with Crippen LogP contribution in [0.4, 0.5) is 13.2 Å². The minimum atomic E-state index is -4.62. The second kappa shape index (κ2) is 5.68. The van der Waals surface area contributed by atoms with Crippen molar-refractivity contribution in [3.8, 4) is 0 Å². The Morgan fingerprint density at radius 2 is 1.89 bits per heavy atom. The zero-order valence-electron chi connectivity index (χ0n) is 10.3. The van der Waals surface area contributed by atoms with E-state index in [0.717, 1.165) is 12.1 Å². The third kappa shape index (κ3) is 4.36. The molecule has 0 aliphatic rings. The van der Waals surface area contributed by atoms with Crippen LogP contribution in [-0.4, -0.2) is 15.0 Å². The fourth-order valence-corrected chi connectivity index (χ4v) is 2.98. The lowest BCUT2D eigenvalue weighted by atomic mass is 10.2. The molecule has 0 fully saturated rings. The molecule has 0 radical (unpaired) electrons. The summed E-state index contributed by atoms with van der Waals surface area (Å²) < 4.78 is 63.6. The van der Waals surface area contributed by atoms with Crippen LogP contribution in [0, 0.1) is 5.92 Å². The molecule has 0 aliphatic heterocycles. The summed E-state index contributed by atoms with van der Waals surface area (Å²) >= 11 is 5.66. The molecule has 1 aromatic rings. The highest BCUT2D eigenvalue weighted by molar-refractivity contribution is 7.89. The monoisotopic (exact) mass is 315 g/mol. The number of halogens is 4. The van der Waals surface area contributed by atoms with Crippen molar-refractivity contribution in [3.05, 3.63) is 28.8 Å². The lowest BCUT2D eigenvalue weighted by Crippen LogP contribution is -2.28. The Labute approximate surface area is 114 Å². The Kier molecular flexibility index (Phi) is 4.86. The molecular formula is C11H13ClF3NO2S. The Hall–Kier alpha value is -0.790. The molecule has 19 heavy (non-hydrogen) atoms. The highest BCUT2D eigenvalue weighted by atomic mass is 35.5. The molecular weight excluding hydrogens is 303 g/mol. The van der Waals surface area contributed by atoms with Gasteiger partial charge >= 0.3 is 6.18 Å². The zero-order valence-corrected chi connectivity index (χ0v) is 11.8.